The van der Waals surface area contributed by atoms with E-state index in [1.165, 1.54) is 17.4 Å². The van der Waals surface area contributed by atoms with Gasteiger partial charge in [-0.2, -0.15) is 13.9 Å². The normalized spacial score (nSPS) is 18.3. The fraction of sp³-hybridized carbons (Fsp3) is 0.414. The number of hydrogen-bond donors (Lipinski definition) is 4. The first kappa shape index (κ1) is 33.6. The summed E-state index contributed by atoms with van der Waals surface area (Å²) in [4.78, 5) is 31.2. The number of carboxylic acids is 2. The molecule has 4 N–H and O–H groups in total. The van der Waals surface area contributed by atoms with Gasteiger partial charge >= 0.3 is 11.9 Å². The van der Waals surface area contributed by atoms with Gasteiger partial charge in [-0.05, 0) is 31.9 Å². The molecule has 0 amide bonds. The lowest BCUT2D eigenvalue weighted by Gasteiger charge is -2.45. The van der Waals surface area contributed by atoms with Gasteiger partial charge in [-0.1, -0.05) is 17.7 Å². The summed E-state index contributed by atoms with van der Waals surface area (Å²) in [7, 11) is 0. The maximum Gasteiger partial charge on any atom is 0.335 e. The van der Waals surface area contributed by atoms with Gasteiger partial charge < -0.3 is 29.7 Å². The van der Waals surface area contributed by atoms with Gasteiger partial charge in [0.1, 0.15) is 12.2 Å². The Kier molecular flexibility index (Phi) is 9.86. The van der Waals surface area contributed by atoms with Crippen molar-refractivity contribution < 1.29 is 43.5 Å². The number of carboxylic acid groups (broad SMARTS) is 2. The van der Waals surface area contributed by atoms with E-state index >= 15 is 0 Å². The number of aliphatic carboxylic acids is 2. The highest BCUT2D eigenvalue weighted by atomic mass is 35.5. The monoisotopic (exact) mass is 680 g/mol. The molecule has 46 heavy (non-hydrogen) atoms. The van der Waals surface area contributed by atoms with Crippen LogP contribution in [0.2, 0.25) is 4.34 Å². The van der Waals surface area contributed by atoms with Gasteiger partial charge in [-0.3, -0.25) is 4.90 Å². The van der Waals surface area contributed by atoms with Crippen LogP contribution < -0.4 is 0 Å². The molecule has 13 nitrogen and oxygen atoms in total. The summed E-state index contributed by atoms with van der Waals surface area (Å²) in [5.74, 6) is -5.74. The Labute approximate surface area is 270 Å². The van der Waals surface area contributed by atoms with Crippen LogP contribution in [-0.4, -0.2) is 93.5 Å². The number of alkyl halides is 2. The lowest BCUT2D eigenvalue weighted by atomic mass is 9.84. The van der Waals surface area contributed by atoms with Crippen molar-refractivity contribution in [3.63, 3.8) is 0 Å². The molecule has 1 spiro atoms. The SMILES string of the molecule is Cc1nn(-c2ncccc2Cn2ccnc2)cc1CN1CCC2(CC1)OCC(F)(F)c1cc(Cl)sc12.O=C(O)[C@H](O)[C@@H](O)C(=O)O. The number of nitrogens with zero attached hydrogens (tertiary/aromatic N) is 6. The second kappa shape index (κ2) is 13.5. The Hall–Kier alpha value is -3.80. The molecule has 0 aromatic carbocycles. The van der Waals surface area contributed by atoms with Gasteiger partial charge in [-0.15, -0.1) is 11.3 Å². The number of aliphatic hydroxyl groups is 2. The quantitative estimate of drug-likeness (QED) is 0.215. The van der Waals surface area contributed by atoms with Gasteiger partial charge in [0.25, 0.3) is 5.92 Å². The Morgan fingerprint density at radius 2 is 1.80 bits per heavy atom. The van der Waals surface area contributed by atoms with Gasteiger partial charge in [0.2, 0.25) is 0 Å². The topological polar surface area (TPSA) is 176 Å². The zero-order valence-electron chi connectivity index (χ0n) is 24.5. The summed E-state index contributed by atoms with van der Waals surface area (Å²) in [5.41, 5.74) is 2.45. The maximum atomic E-state index is 14.4. The standard InChI is InChI=1S/C25H25ClF2N6OS.C4H6O6/c1-17-19(14-34(31-17)23-18(3-2-6-30-23)12-33-10-7-29-16-33)13-32-8-4-24(5-9-32)22-20(11-21(26)36-22)25(27,28)15-35-24;5-1(3(7)8)2(6)4(9)10/h2-3,6-7,10-11,14,16H,4-5,8-9,12-13,15H2,1H3;1-2,5-6H,(H,7,8)(H,9,10)/t;1-,2-/m.1/s1. The first-order chi connectivity index (χ1) is 21.8. The van der Waals surface area contributed by atoms with Crippen LogP contribution in [0, 0.1) is 6.92 Å². The largest absolute Gasteiger partial charge is 0.479 e. The number of thiophene rings is 1. The number of aryl methyl sites for hydroxylation is 1. The van der Waals surface area contributed by atoms with Crippen LogP contribution in [0.5, 0.6) is 0 Å². The minimum Gasteiger partial charge on any atom is -0.479 e. The molecular formula is C29H31ClF2N6O7S. The average molecular weight is 681 g/mol. The number of ether oxygens (including phenoxy) is 1. The summed E-state index contributed by atoms with van der Waals surface area (Å²) < 4.78 is 38.9. The van der Waals surface area contributed by atoms with E-state index in [2.05, 4.69) is 14.9 Å². The van der Waals surface area contributed by atoms with E-state index in [-0.39, 0.29) is 5.56 Å². The molecule has 0 unspecified atom stereocenters. The number of piperidine rings is 1. The summed E-state index contributed by atoms with van der Waals surface area (Å²) in [6, 6.07) is 5.38. The molecule has 0 aliphatic carbocycles. The Morgan fingerprint density at radius 3 is 2.43 bits per heavy atom. The van der Waals surface area contributed by atoms with E-state index in [0.29, 0.717) is 28.6 Å². The molecule has 2 atom stereocenters. The first-order valence-electron chi connectivity index (χ1n) is 14.1. The second-order valence-corrected chi connectivity index (χ2v) is 12.7. The fourth-order valence-electron chi connectivity index (χ4n) is 5.39. The highest BCUT2D eigenvalue weighted by molar-refractivity contribution is 7.16. The van der Waals surface area contributed by atoms with Crippen molar-refractivity contribution in [3.05, 3.63) is 80.9 Å². The van der Waals surface area contributed by atoms with Crippen LogP contribution in [-0.2, 0) is 38.9 Å². The van der Waals surface area contributed by atoms with Crippen LogP contribution in [0.1, 0.15) is 40.1 Å². The predicted octanol–water partition coefficient (Wildman–Crippen LogP) is 3.03. The number of hydrogen-bond acceptors (Lipinski definition) is 10. The average Bonchev–Trinajstić information content (AvgIpc) is 3.77. The third kappa shape index (κ3) is 7.11. The third-order valence-electron chi connectivity index (χ3n) is 7.90. The number of rotatable bonds is 8. The number of halogens is 3. The molecule has 2 aliphatic heterocycles. The van der Waals surface area contributed by atoms with E-state index in [4.69, 9.17) is 41.9 Å². The predicted molar refractivity (Wildman–Crippen MR) is 160 cm³/mol. The maximum absolute atomic E-state index is 14.4. The molecule has 246 valence electrons. The zero-order chi connectivity index (χ0) is 33.2. The summed E-state index contributed by atoms with van der Waals surface area (Å²) in [6.07, 6.45) is 6.03. The molecule has 17 heteroatoms. The van der Waals surface area contributed by atoms with Gasteiger partial charge in [-0.25, -0.2) is 24.2 Å². The molecule has 0 bridgehead atoms. The first-order valence-corrected chi connectivity index (χ1v) is 15.3. The highest BCUT2D eigenvalue weighted by Gasteiger charge is 2.51. The van der Waals surface area contributed by atoms with Crippen molar-refractivity contribution in [1.29, 1.82) is 0 Å². The van der Waals surface area contributed by atoms with E-state index < -0.39 is 42.3 Å². The van der Waals surface area contributed by atoms with Crippen molar-refractivity contribution >= 4 is 34.9 Å². The molecule has 4 aromatic heterocycles. The van der Waals surface area contributed by atoms with Crippen molar-refractivity contribution in [3.8, 4) is 5.82 Å². The molecule has 4 aromatic rings. The van der Waals surface area contributed by atoms with Crippen molar-refractivity contribution in [2.75, 3.05) is 19.7 Å². The van der Waals surface area contributed by atoms with Gasteiger partial charge in [0.05, 0.1) is 22.9 Å². The summed E-state index contributed by atoms with van der Waals surface area (Å²) in [6.45, 7) is 4.26. The molecule has 6 heterocycles. The molecule has 6 rings (SSSR count). The number of fused-ring (bicyclic) bond motifs is 2. The molecule has 2 aliphatic rings. The Morgan fingerprint density at radius 1 is 1.11 bits per heavy atom. The molecular weight excluding hydrogens is 650 g/mol. The lowest BCUT2D eigenvalue weighted by Crippen LogP contribution is -2.48. The van der Waals surface area contributed by atoms with Crippen LogP contribution in [0.4, 0.5) is 8.78 Å². The molecule has 0 radical (unpaired) electrons. The van der Waals surface area contributed by atoms with Crippen LogP contribution in [0.15, 0.2) is 49.3 Å². The number of pyridine rings is 1. The van der Waals surface area contributed by atoms with Crippen molar-refractivity contribution in [1.82, 2.24) is 29.2 Å². The Bertz CT molecular complexity index is 1670. The molecule has 1 saturated heterocycles. The second-order valence-electron chi connectivity index (χ2n) is 11.0. The summed E-state index contributed by atoms with van der Waals surface area (Å²) >= 11 is 7.36. The van der Waals surface area contributed by atoms with Gasteiger partial charge in [0, 0.05) is 66.0 Å². The fourth-order valence-corrected chi connectivity index (χ4v) is 6.87. The van der Waals surface area contributed by atoms with Crippen LogP contribution in [0.25, 0.3) is 5.82 Å². The number of aliphatic hydroxyl groups excluding tert-OH is 2. The van der Waals surface area contributed by atoms with E-state index in [1.807, 2.05) is 40.7 Å². The number of imidazole rings is 1. The van der Waals surface area contributed by atoms with E-state index in [1.54, 1.807) is 18.7 Å². The highest BCUT2D eigenvalue weighted by Crippen LogP contribution is 2.52. The third-order valence-corrected chi connectivity index (χ3v) is 9.35. The Balaban J connectivity index is 0.000000362. The minimum atomic E-state index is -2.99. The number of carbonyl (C=O) groups is 2. The summed E-state index contributed by atoms with van der Waals surface area (Å²) in [5, 5.41) is 37.3. The van der Waals surface area contributed by atoms with E-state index in [0.717, 1.165) is 42.3 Å². The van der Waals surface area contributed by atoms with E-state index in [9.17, 15) is 18.4 Å². The van der Waals surface area contributed by atoms with Crippen LogP contribution >= 0.6 is 22.9 Å². The zero-order valence-corrected chi connectivity index (χ0v) is 26.0. The minimum absolute atomic E-state index is 0.0381. The van der Waals surface area contributed by atoms with Crippen LogP contribution in [0.3, 0.4) is 0 Å². The number of aromatic nitrogens is 5. The number of likely N-dealkylation sites (tertiary alicyclic amines) is 1. The van der Waals surface area contributed by atoms with Gasteiger partial charge in [0.15, 0.2) is 18.0 Å². The molecule has 1 fully saturated rings. The molecule has 0 saturated carbocycles. The van der Waals surface area contributed by atoms with Crippen molar-refractivity contribution in [2.45, 2.75) is 56.6 Å². The van der Waals surface area contributed by atoms with Crippen molar-refractivity contribution in [2.24, 2.45) is 0 Å². The lowest BCUT2D eigenvalue weighted by molar-refractivity contribution is -0.182. The smallest absolute Gasteiger partial charge is 0.335 e.